The summed E-state index contributed by atoms with van der Waals surface area (Å²) in [5, 5.41) is 2.75. The van der Waals surface area contributed by atoms with Crippen molar-refractivity contribution in [1.82, 2.24) is 0 Å². The molecule has 0 unspecified atom stereocenters. The Morgan fingerprint density at radius 3 is 2.72 bits per heavy atom. The normalized spacial score (nSPS) is 16.4. The van der Waals surface area contributed by atoms with Gasteiger partial charge in [-0.3, -0.25) is 9.10 Å². The molecule has 0 saturated carbocycles. The summed E-state index contributed by atoms with van der Waals surface area (Å²) in [4.78, 5) is 12.6. The highest BCUT2D eigenvalue weighted by atomic mass is 32.2. The third-order valence-electron chi connectivity index (χ3n) is 4.65. The summed E-state index contributed by atoms with van der Waals surface area (Å²) in [6.45, 7) is 2.72. The lowest BCUT2D eigenvalue weighted by molar-refractivity contribution is -0.114. The standard InChI is InChI=1S/C21H26N2O5S/c1-16-7-3-4-11-20(16)23(29(2,25)26)14-21(24)22-17-8-5-9-18(13-17)28-15-19-10-6-12-27-19/h3-5,7-9,11,13,19H,6,10,12,14-15H2,1-2H3,(H,22,24)/t19-/m0/s1. The van der Waals surface area contributed by atoms with Crippen LogP contribution < -0.4 is 14.4 Å². The number of hydrogen-bond acceptors (Lipinski definition) is 5. The van der Waals surface area contributed by atoms with Gasteiger partial charge in [0, 0.05) is 18.4 Å². The number of nitrogens with one attached hydrogen (secondary N) is 1. The van der Waals surface area contributed by atoms with Crippen molar-refractivity contribution in [3.8, 4) is 5.75 Å². The van der Waals surface area contributed by atoms with Crippen LogP contribution in [0.1, 0.15) is 18.4 Å². The van der Waals surface area contributed by atoms with E-state index in [0.717, 1.165) is 35.6 Å². The molecule has 1 fully saturated rings. The molecular formula is C21H26N2O5S. The number of carbonyl (C=O) groups is 1. The summed E-state index contributed by atoms with van der Waals surface area (Å²) in [6, 6.07) is 14.1. The van der Waals surface area contributed by atoms with E-state index in [-0.39, 0.29) is 12.6 Å². The quantitative estimate of drug-likeness (QED) is 0.712. The van der Waals surface area contributed by atoms with E-state index in [1.165, 1.54) is 0 Å². The molecule has 156 valence electrons. The second-order valence-electron chi connectivity index (χ2n) is 7.08. The number of para-hydroxylation sites is 1. The second-order valence-corrected chi connectivity index (χ2v) is 8.98. The molecule has 1 amide bonds. The Balaban J connectivity index is 1.65. The summed E-state index contributed by atoms with van der Waals surface area (Å²) < 4.78 is 36.9. The Hall–Kier alpha value is -2.58. The number of aryl methyl sites for hydroxylation is 1. The van der Waals surface area contributed by atoms with Gasteiger partial charge in [0.25, 0.3) is 0 Å². The number of ether oxygens (including phenoxy) is 2. The lowest BCUT2D eigenvalue weighted by Crippen LogP contribution is -2.37. The first-order valence-electron chi connectivity index (χ1n) is 9.50. The molecule has 8 heteroatoms. The maximum absolute atomic E-state index is 12.6. The van der Waals surface area contributed by atoms with E-state index in [9.17, 15) is 13.2 Å². The Morgan fingerprint density at radius 2 is 2.03 bits per heavy atom. The van der Waals surface area contributed by atoms with Crippen LogP contribution in [0.5, 0.6) is 5.75 Å². The van der Waals surface area contributed by atoms with Crippen LogP contribution in [0.15, 0.2) is 48.5 Å². The zero-order valence-corrected chi connectivity index (χ0v) is 17.4. The van der Waals surface area contributed by atoms with Gasteiger partial charge < -0.3 is 14.8 Å². The first-order valence-corrected chi connectivity index (χ1v) is 11.4. The van der Waals surface area contributed by atoms with Gasteiger partial charge in [0.1, 0.15) is 18.9 Å². The molecule has 0 bridgehead atoms. The largest absolute Gasteiger partial charge is 0.491 e. The van der Waals surface area contributed by atoms with E-state index in [1.54, 1.807) is 49.4 Å². The monoisotopic (exact) mass is 418 g/mol. The summed E-state index contributed by atoms with van der Waals surface area (Å²) in [5.41, 5.74) is 1.80. The first kappa shape index (κ1) is 21.1. The van der Waals surface area contributed by atoms with Crippen LogP contribution in [0.25, 0.3) is 0 Å². The zero-order valence-electron chi connectivity index (χ0n) is 16.6. The summed E-state index contributed by atoms with van der Waals surface area (Å²) in [7, 11) is -3.62. The molecule has 1 aliphatic rings. The van der Waals surface area contributed by atoms with Crippen molar-refractivity contribution in [1.29, 1.82) is 0 Å². The van der Waals surface area contributed by atoms with Gasteiger partial charge in [-0.15, -0.1) is 0 Å². The van der Waals surface area contributed by atoms with Crippen LogP contribution in [0.3, 0.4) is 0 Å². The average Bonchev–Trinajstić information content (AvgIpc) is 3.18. The maximum atomic E-state index is 12.6. The lowest BCUT2D eigenvalue weighted by atomic mass is 10.2. The molecule has 1 saturated heterocycles. The Kier molecular flexibility index (Phi) is 6.76. The predicted octanol–water partition coefficient (Wildman–Crippen LogP) is 2.96. The molecule has 1 aliphatic heterocycles. The minimum absolute atomic E-state index is 0.102. The van der Waals surface area contributed by atoms with E-state index < -0.39 is 15.9 Å². The van der Waals surface area contributed by atoms with Crippen LogP contribution >= 0.6 is 0 Å². The number of benzene rings is 2. The number of anilines is 2. The van der Waals surface area contributed by atoms with Crippen molar-refractivity contribution in [3.05, 3.63) is 54.1 Å². The van der Waals surface area contributed by atoms with Crippen molar-refractivity contribution in [2.45, 2.75) is 25.9 Å². The van der Waals surface area contributed by atoms with E-state index in [2.05, 4.69) is 5.32 Å². The van der Waals surface area contributed by atoms with Crippen LogP contribution in [-0.4, -0.2) is 46.4 Å². The number of nitrogens with zero attached hydrogens (tertiary/aromatic N) is 1. The molecule has 1 heterocycles. The Morgan fingerprint density at radius 1 is 1.24 bits per heavy atom. The highest BCUT2D eigenvalue weighted by molar-refractivity contribution is 7.92. The van der Waals surface area contributed by atoms with Gasteiger partial charge in [0.05, 0.1) is 18.0 Å². The van der Waals surface area contributed by atoms with Crippen molar-refractivity contribution >= 4 is 27.3 Å². The van der Waals surface area contributed by atoms with Crippen molar-refractivity contribution in [2.24, 2.45) is 0 Å². The van der Waals surface area contributed by atoms with Gasteiger partial charge in [-0.25, -0.2) is 8.42 Å². The highest BCUT2D eigenvalue weighted by Gasteiger charge is 2.22. The molecule has 0 radical (unpaired) electrons. The lowest BCUT2D eigenvalue weighted by Gasteiger charge is -2.23. The van der Waals surface area contributed by atoms with Gasteiger partial charge in [-0.2, -0.15) is 0 Å². The van der Waals surface area contributed by atoms with Crippen LogP contribution in [0.4, 0.5) is 11.4 Å². The number of sulfonamides is 1. The third-order valence-corrected chi connectivity index (χ3v) is 5.78. The summed E-state index contributed by atoms with van der Waals surface area (Å²) in [5.74, 6) is 0.187. The third kappa shape index (κ3) is 5.95. The molecule has 0 aliphatic carbocycles. The molecule has 1 atom stereocenters. The fourth-order valence-corrected chi connectivity index (χ4v) is 4.10. The minimum atomic E-state index is -3.62. The fraction of sp³-hybridized carbons (Fsp3) is 0.381. The number of amides is 1. The van der Waals surface area contributed by atoms with Crippen LogP contribution in [0.2, 0.25) is 0 Å². The van der Waals surface area contributed by atoms with Gasteiger partial charge in [0.15, 0.2) is 0 Å². The first-order chi connectivity index (χ1) is 13.8. The molecule has 7 nitrogen and oxygen atoms in total. The topological polar surface area (TPSA) is 84.9 Å². The molecule has 0 spiro atoms. The SMILES string of the molecule is Cc1ccccc1N(CC(=O)Nc1cccc(OC[C@@H]2CCCO2)c1)S(C)(=O)=O. The minimum Gasteiger partial charge on any atom is -0.491 e. The smallest absolute Gasteiger partial charge is 0.245 e. The van der Waals surface area contributed by atoms with Gasteiger partial charge in [0.2, 0.25) is 15.9 Å². The molecular weight excluding hydrogens is 392 g/mol. The zero-order chi connectivity index (χ0) is 20.9. The van der Waals surface area contributed by atoms with E-state index in [1.807, 2.05) is 6.07 Å². The average molecular weight is 419 g/mol. The summed E-state index contributed by atoms with van der Waals surface area (Å²) >= 11 is 0. The van der Waals surface area contributed by atoms with Crippen molar-refractivity contribution < 1.29 is 22.7 Å². The number of carbonyl (C=O) groups excluding carboxylic acids is 1. The van der Waals surface area contributed by atoms with Crippen LogP contribution in [-0.2, 0) is 19.6 Å². The number of rotatable bonds is 8. The fourth-order valence-electron chi connectivity index (χ4n) is 3.18. The Labute approximate surface area is 171 Å². The van der Waals surface area contributed by atoms with Crippen LogP contribution in [0, 0.1) is 6.92 Å². The molecule has 2 aromatic rings. The molecule has 2 aromatic carbocycles. The number of hydrogen-bond donors (Lipinski definition) is 1. The molecule has 1 N–H and O–H groups in total. The van der Waals surface area contributed by atoms with E-state index in [4.69, 9.17) is 9.47 Å². The van der Waals surface area contributed by atoms with Gasteiger partial charge >= 0.3 is 0 Å². The molecule has 3 rings (SSSR count). The molecule has 0 aromatic heterocycles. The van der Waals surface area contributed by atoms with Crippen molar-refractivity contribution in [2.75, 3.05) is 35.6 Å². The molecule has 29 heavy (non-hydrogen) atoms. The van der Waals surface area contributed by atoms with E-state index in [0.29, 0.717) is 23.7 Å². The second kappa shape index (κ2) is 9.28. The predicted molar refractivity (Wildman–Crippen MR) is 113 cm³/mol. The Bertz CT molecular complexity index is 955. The van der Waals surface area contributed by atoms with E-state index >= 15 is 0 Å². The van der Waals surface area contributed by atoms with Gasteiger partial charge in [-0.05, 0) is 43.5 Å². The van der Waals surface area contributed by atoms with Gasteiger partial charge in [-0.1, -0.05) is 24.3 Å². The van der Waals surface area contributed by atoms with Crippen molar-refractivity contribution in [3.63, 3.8) is 0 Å². The highest BCUT2D eigenvalue weighted by Crippen LogP contribution is 2.23. The maximum Gasteiger partial charge on any atom is 0.245 e. The summed E-state index contributed by atoms with van der Waals surface area (Å²) in [6.07, 6.45) is 3.22.